The molecule has 1 saturated heterocycles. The van der Waals surface area contributed by atoms with E-state index in [1.807, 2.05) is 19.1 Å². The lowest BCUT2D eigenvalue weighted by atomic mass is 9.73. The average molecular weight is 500 g/mol. The predicted octanol–water partition coefficient (Wildman–Crippen LogP) is 4.43. The van der Waals surface area contributed by atoms with Gasteiger partial charge in [-0.05, 0) is 75.5 Å². The maximum atomic E-state index is 13.6. The molecule has 0 unspecified atom stereocenters. The molecule has 6 nitrogen and oxygen atoms in total. The van der Waals surface area contributed by atoms with Gasteiger partial charge in [0.1, 0.15) is 12.4 Å². The van der Waals surface area contributed by atoms with Gasteiger partial charge >= 0.3 is 0 Å². The first kappa shape index (κ1) is 26.1. The summed E-state index contributed by atoms with van der Waals surface area (Å²) < 4.78 is 32.8. The zero-order chi connectivity index (χ0) is 25.5. The Bertz CT molecular complexity index is 1070. The van der Waals surface area contributed by atoms with Gasteiger partial charge in [-0.3, -0.25) is 14.5 Å². The SMILES string of the molecule is C[C@H]1COc2ccccc2C(=O)NCCCCCC2(CCN(Cc3ccc(F)c(F)c3)CC2)C(=O)N1. The van der Waals surface area contributed by atoms with Gasteiger partial charge in [-0.1, -0.05) is 31.0 Å². The summed E-state index contributed by atoms with van der Waals surface area (Å²) in [5, 5.41) is 6.13. The second-order valence-corrected chi connectivity index (χ2v) is 10.1. The third-order valence-corrected chi connectivity index (χ3v) is 7.30. The molecule has 36 heavy (non-hydrogen) atoms. The first-order chi connectivity index (χ1) is 17.4. The Hall–Kier alpha value is -3.00. The Morgan fingerprint density at radius 1 is 1.00 bits per heavy atom. The number of halogens is 2. The van der Waals surface area contributed by atoms with E-state index in [0.717, 1.165) is 37.3 Å². The van der Waals surface area contributed by atoms with Crippen molar-refractivity contribution in [1.29, 1.82) is 0 Å². The molecule has 2 N–H and O–H groups in total. The van der Waals surface area contributed by atoms with Crippen LogP contribution in [0.5, 0.6) is 5.75 Å². The number of ether oxygens (including phenoxy) is 1. The van der Waals surface area contributed by atoms with Gasteiger partial charge in [-0.2, -0.15) is 0 Å². The summed E-state index contributed by atoms with van der Waals surface area (Å²) in [4.78, 5) is 28.3. The fourth-order valence-corrected chi connectivity index (χ4v) is 5.10. The van der Waals surface area contributed by atoms with Crippen LogP contribution in [0.15, 0.2) is 42.5 Å². The number of rotatable bonds is 2. The van der Waals surface area contributed by atoms with E-state index >= 15 is 0 Å². The summed E-state index contributed by atoms with van der Waals surface area (Å²) >= 11 is 0. The molecule has 2 aromatic carbocycles. The highest BCUT2D eigenvalue weighted by molar-refractivity contribution is 5.96. The lowest BCUT2D eigenvalue weighted by Crippen LogP contribution is -2.51. The Kier molecular flexibility index (Phi) is 8.56. The molecule has 4 rings (SSSR count). The van der Waals surface area contributed by atoms with Crippen molar-refractivity contribution in [3.05, 3.63) is 65.2 Å². The number of benzene rings is 2. The Morgan fingerprint density at radius 2 is 1.78 bits per heavy atom. The van der Waals surface area contributed by atoms with Crippen LogP contribution in [0.3, 0.4) is 0 Å². The number of hydrogen-bond acceptors (Lipinski definition) is 4. The summed E-state index contributed by atoms with van der Waals surface area (Å²) in [6.07, 6.45) is 4.84. The van der Waals surface area contributed by atoms with Crippen LogP contribution in [0.4, 0.5) is 8.78 Å². The first-order valence-electron chi connectivity index (χ1n) is 12.8. The molecule has 2 aliphatic heterocycles. The first-order valence-corrected chi connectivity index (χ1v) is 12.8. The third kappa shape index (κ3) is 6.40. The van der Waals surface area contributed by atoms with Gasteiger partial charge in [0.2, 0.25) is 5.91 Å². The molecule has 194 valence electrons. The highest BCUT2D eigenvalue weighted by Gasteiger charge is 2.41. The number of nitrogens with zero attached hydrogens (tertiary/aromatic N) is 1. The molecular weight excluding hydrogens is 464 g/mol. The standard InChI is InChI=1S/C28H35F2N3O3/c1-20-19-36-25-8-4-3-7-22(25)26(34)31-14-6-2-5-11-28(27(35)32-20)12-15-33(16-13-28)18-21-9-10-23(29)24(30)17-21/h3-4,7-10,17,20H,2,5-6,11-16,18-19H2,1H3,(H,31,34)(H,32,35)/t20-/m0/s1. The molecule has 1 spiro atoms. The lowest BCUT2D eigenvalue weighted by molar-refractivity contribution is -0.135. The zero-order valence-corrected chi connectivity index (χ0v) is 20.8. The van der Waals surface area contributed by atoms with Crippen molar-refractivity contribution in [2.75, 3.05) is 26.2 Å². The smallest absolute Gasteiger partial charge is 0.255 e. The van der Waals surface area contributed by atoms with Crippen molar-refractivity contribution < 1.29 is 23.1 Å². The van der Waals surface area contributed by atoms with Crippen LogP contribution in [-0.4, -0.2) is 49.0 Å². The number of fused-ring (bicyclic) bond motifs is 1. The lowest BCUT2D eigenvalue weighted by Gasteiger charge is -2.41. The van der Waals surface area contributed by atoms with Crippen molar-refractivity contribution in [3.63, 3.8) is 0 Å². The molecule has 0 radical (unpaired) electrons. The number of carbonyl (C=O) groups is 2. The van der Waals surface area contributed by atoms with E-state index in [0.29, 0.717) is 50.3 Å². The summed E-state index contributed by atoms with van der Waals surface area (Å²) in [7, 11) is 0. The van der Waals surface area contributed by atoms with E-state index in [-0.39, 0.29) is 24.5 Å². The number of amides is 2. The molecule has 2 heterocycles. The van der Waals surface area contributed by atoms with E-state index < -0.39 is 17.0 Å². The fourth-order valence-electron chi connectivity index (χ4n) is 5.10. The van der Waals surface area contributed by atoms with E-state index in [1.165, 1.54) is 6.07 Å². The number of para-hydroxylation sites is 1. The van der Waals surface area contributed by atoms with Crippen LogP contribution in [0.1, 0.15) is 61.4 Å². The molecule has 8 heteroatoms. The number of hydrogen-bond donors (Lipinski definition) is 2. The molecular formula is C28H35F2N3O3. The van der Waals surface area contributed by atoms with Gasteiger partial charge in [-0.25, -0.2) is 8.78 Å². The molecule has 2 aliphatic rings. The highest BCUT2D eigenvalue weighted by atomic mass is 19.2. The fraction of sp³-hybridized carbons (Fsp3) is 0.500. The summed E-state index contributed by atoms with van der Waals surface area (Å²) in [6, 6.07) is 10.9. The Morgan fingerprint density at radius 3 is 2.56 bits per heavy atom. The van der Waals surface area contributed by atoms with Crippen molar-refractivity contribution in [2.24, 2.45) is 5.41 Å². The van der Waals surface area contributed by atoms with Crippen LogP contribution in [-0.2, 0) is 11.3 Å². The monoisotopic (exact) mass is 499 g/mol. The minimum Gasteiger partial charge on any atom is -0.491 e. The van der Waals surface area contributed by atoms with Gasteiger partial charge in [0.15, 0.2) is 11.6 Å². The van der Waals surface area contributed by atoms with E-state index in [2.05, 4.69) is 15.5 Å². The van der Waals surface area contributed by atoms with Gasteiger partial charge in [-0.15, -0.1) is 0 Å². The van der Waals surface area contributed by atoms with Crippen LogP contribution in [0.2, 0.25) is 0 Å². The molecule has 2 aromatic rings. The highest BCUT2D eigenvalue weighted by Crippen LogP contribution is 2.38. The Labute approximate surface area is 211 Å². The predicted molar refractivity (Wildman–Crippen MR) is 134 cm³/mol. The normalized spacial score (nSPS) is 21.9. The van der Waals surface area contributed by atoms with Crippen LogP contribution < -0.4 is 15.4 Å². The van der Waals surface area contributed by atoms with Crippen molar-refractivity contribution in [2.45, 2.75) is 58.0 Å². The van der Waals surface area contributed by atoms with Crippen molar-refractivity contribution in [1.82, 2.24) is 15.5 Å². The second kappa shape index (κ2) is 11.8. The largest absolute Gasteiger partial charge is 0.491 e. The van der Waals surface area contributed by atoms with Gasteiger partial charge in [0.25, 0.3) is 5.91 Å². The van der Waals surface area contributed by atoms with Crippen LogP contribution >= 0.6 is 0 Å². The molecule has 0 aromatic heterocycles. The molecule has 0 aliphatic carbocycles. The number of likely N-dealkylation sites (tertiary alicyclic amines) is 1. The summed E-state index contributed by atoms with van der Waals surface area (Å²) in [6.45, 7) is 4.68. The molecule has 0 saturated carbocycles. The maximum absolute atomic E-state index is 13.6. The number of piperidine rings is 1. The minimum absolute atomic E-state index is 0.0448. The summed E-state index contributed by atoms with van der Waals surface area (Å²) in [5.74, 6) is -1.28. The average Bonchev–Trinajstić information content (AvgIpc) is 2.88. The minimum atomic E-state index is -0.843. The topological polar surface area (TPSA) is 70.7 Å². The zero-order valence-electron chi connectivity index (χ0n) is 20.8. The molecule has 1 fully saturated rings. The van der Waals surface area contributed by atoms with E-state index in [9.17, 15) is 18.4 Å². The van der Waals surface area contributed by atoms with Gasteiger partial charge in [0, 0.05) is 13.1 Å². The quantitative estimate of drug-likeness (QED) is 0.641. The van der Waals surface area contributed by atoms with Crippen LogP contribution in [0.25, 0.3) is 0 Å². The second-order valence-electron chi connectivity index (χ2n) is 10.1. The van der Waals surface area contributed by atoms with Gasteiger partial charge in [0.05, 0.1) is 17.0 Å². The third-order valence-electron chi connectivity index (χ3n) is 7.30. The van der Waals surface area contributed by atoms with Gasteiger partial charge < -0.3 is 15.4 Å². The maximum Gasteiger partial charge on any atom is 0.255 e. The van der Waals surface area contributed by atoms with Crippen molar-refractivity contribution in [3.8, 4) is 5.75 Å². The van der Waals surface area contributed by atoms with E-state index in [1.54, 1.807) is 18.2 Å². The summed E-state index contributed by atoms with van der Waals surface area (Å²) in [5.41, 5.74) is 0.750. The van der Waals surface area contributed by atoms with E-state index in [4.69, 9.17) is 4.74 Å². The molecule has 0 bridgehead atoms. The number of carbonyl (C=O) groups excluding carboxylic acids is 2. The molecule has 2 amide bonds. The Balaban J connectivity index is 1.42. The number of nitrogens with one attached hydrogen (secondary N) is 2. The van der Waals surface area contributed by atoms with Crippen molar-refractivity contribution >= 4 is 11.8 Å². The molecule has 1 atom stereocenters. The van der Waals surface area contributed by atoms with Crippen LogP contribution in [0, 0.1) is 17.0 Å².